The van der Waals surface area contributed by atoms with Gasteiger partial charge in [-0.25, -0.2) is 0 Å². The van der Waals surface area contributed by atoms with Crippen LogP contribution in [-0.4, -0.2) is 12.2 Å². The third-order valence-corrected chi connectivity index (χ3v) is 6.42. The molecule has 0 amide bonds. The number of benzene rings is 1. The highest BCUT2D eigenvalue weighted by atomic mass is 16.5. The van der Waals surface area contributed by atoms with E-state index in [1.807, 2.05) is 12.1 Å². The maximum absolute atomic E-state index is 10.4. The number of rotatable bonds is 2. The molecule has 1 aromatic rings. The number of ether oxygens (including phenoxy) is 1. The molecule has 0 aliphatic heterocycles. The van der Waals surface area contributed by atoms with Gasteiger partial charge in [-0.3, -0.25) is 0 Å². The normalized spacial score (nSPS) is 35.6. The van der Waals surface area contributed by atoms with Gasteiger partial charge in [-0.2, -0.15) is 0 Å². The van der Waals surface area contributed by atoms with Gasteiger partial charge in [0.1, 0.15) is 0 Å². The van der Waals surface area contributed by atoms with Crippen molar-refractivity contribution in [2.24, 2.45) is 16.7 Å². The molecule has 19 heavy (non-hydrogen) atoms. The summed E-state index contributed by atoms with van der Waals surface area (Å²) in [6.07, 6.45) is 3.81. The van der Waals surface area contributed by atoms with Gasteiger partial charge in [-0.1, -0.05) is 32.9 Å². The lowest BCUT2D eigenvalue weighted by atomic mass is 9.65. The van der Waals surface area contributed by atoms with Gasteiger partial charge in [0.2, 0.25) is 0 Å². The van der Waals surface area contributed by atoms with E-state index in [0.29, 0.717) is 28.2 Å². The van der Waals surface area contributed by atoms with Crippen molar-refractivity contribution in [3.05, 3.63) is 23.8 Å². The molecular weight excluding hydrogens is 236 g/mol. The summed E-state index contributed by atoms with van der Waals surface area (Å²) in [5, 5.41) is 10.4. The second-order valence-electron chi connectivity index (χ2n) is 7.06. The first-order chi connectivity index (χ1) is 8.91. The summed E-state index contributed by atoms with van der Waals surface area (Å²) in [4.78, 5) is 0. The van der Waals surface area contributed by atoms with Crippen LogP contribution in [-0.2, 0) is 0 Å². The van der Waals surface area contributed by atoms with Crippen molar-refractivity contribution in [2.45, 2.75) is 46.0 Å². The lowest BCUT2D eigenvalue weighted by molar-refractivity contribution is 0.133. The standard InChI is InChI=1S/C17H24O2/c1-16(2)11-8-9-17(16,3)13(10-11)12-6-5-7-14(19-4)15(12)18/h5-7,11,13,18H,8-10H2,1-4H3/t11-,13+,17-/m0/s1. The maximum atomic E-state index is 10.4. The molecule has 0 aromatic heterocycles. The number of para-hydroxylation sites is 1. The van der Waals surface area contributed by atoms with Crippen LogP contribution in [0.1, 0.15) is 51.5 Å². The molecule has 3 rings (SSSR count). The predicted octanol–water partition coefficient (Wildman–Crippen LogP) is 4.33. The van der Waals surface area contributed by atoms with Crippen molar-refractivity contribution in [1.29, 1.82) is 0 Å². The first-order valence-corrected chi connectivity index (χ1v) is 7.27. The van der Waals surface area contributed by atoms with Crippen molar-refractivity contribution in [2.75, 3.05) is 7.11 Å². The van der Waals surface area contributed by atoms with Crippen LogP contribution >= 0.6 is 0 Å². The van der Waals surface area contributed by atoms with Gasteiger partial charge >= 0.3 is 0 Å². The average molecular weight is 260 g/mol. The third-order valence-electron chi connectivity index (χ3n) is 6.42. The van der Waals surface area contributed by atoms with Crippen LogP contribution in [0.25, 0.3) is 0 Å². The maximum Gasteiger partial charge on any atom is 0.161 e. The molecule has 3 atom stereocenters. The molecule has 2 saturated carbocycles. The summed E-state index contributed by atoms with van der Waals surface area (Å²) < 4.78 is 5.26. The van der Waals surface area contributed by atoms with Crippen LogP contribution in [0.4, 0.5) is 0 Å². The Labute approximate surface area is 115 Å². The highest BCUT2D eigenvalue weighted by Crippen LogP contribution is 2.71. The van der Waals surface area contributed by atoms with E-state index in [-0.39, 0.29) is 0 Å². The number of methoxy groups -OCH3 is 1. The number of aromatic hydroxyl groups is 1. The topological polar surface area (TPSA) is 29.5 Å². The van der Waals surface area contributed by atoms with Gasteiger partial charge < -0.3 is 9.84 Å². The second kappa shape index (κ2) is 3.91. The lowest BCUT2D eigenvalue weighted by Crippen LogP contribution is -2.31. The van der Waals surface area contributed by atoms with E-state index < -0.39 is 0 Å². The quantitative estimate of drug-likeness (QED) is 0.857. The highest BCUT2D eigenvalue weighted by molar-refractivity contribution is 5.48. The molecule has 1 aromatic carbocycles. The Morgan fingerprint density at radius 3 is 2.53 bits per heavy atom. The zero-order valence-corrected chi connectivity index (χ0v) is 12.4. The van der Waals surface area contributed by atoms with Crippen LogP contribution in [0, 0.1) is 16.7 Å². The summed E-state index contributed by atoms with van der Waals surface area (Å²) in [5.74, 6) is 2.19. The number of phenolic OH excluding ortho intramolecular Hbond substituents is 1. The van der Waals surface area contributed by atoms with Crippen molar-refractivity contribution < 1.29 is 9.84 Å². The Balaban J connectivity index is 2.06. The third kappa shape index (κ3) is 1.49. The number of hydrogen-bond acceptors (Lipinski definition) is 2. The second-order valence-corrected chi connectivity index (χ2v) is 7.06. The molecule has 104 valence electrons. The Kier molecular flexibility index (Phi) is 2.64. The fraction of sp³-hybridized carbons (Fsp3) is 0.647. The van der Waals surface area contributed by atoms with Gasteiger partial charge in [0.15, 0.2) is 11.5 Å². The summed E-state index contributed by atoms with van der Waals surface area (Å²) in [7, 11) is 1.62. The molecule has 2 fully saturated rings. The lowest BCUT2D eigenvalue weighted by Gasteiger charge is -2.39. The molecule has 2 heteroatoms. The molecule has 0 radical (unpaired) electrons. The average Bonchev–Trinajstić information content (AvgIpc) is 2.71. The van der Waals surface area contributed by atoms with Crippen LogP contribution in [0.2, 0.25) is 0 Å². The van der Waals surface area contributed by atoms with Crippen LogP contribution < -0.4 is 4.74 Å². The monoisotopic (exact) mass is 260 g/mol. The summed E-state index contributed by atoms with van der Waals surface area (Å²) in [6.45, 7) is 7.22. The van der Waals surface area contributed by atoms with Crippen molar-refractivity contribution in [3.8, 4) is 11.5 Å². The molecule has 0 unspecified atom stereocenters. The minimum atomic E-state index is 0.293. The number of phenols is 1. The van der Waals surface area contributed by atoms with Gasteiger partial charge in [0, 0.05) is 5.56 Å². The fourth-order valence-electron chi connectivity index (χ4n) is 4.66. The minimum Gasteiger partial charge on any atom is -0.504 e. The van der Waals surface area contributed by atoms with Gasteiger partial charge in [0.25, 0.3) is 0 Å². The van der Waals surface area contributed by atoms with Crippen molar-refractivity contribution in [3.63, 3.8) is 0 Å². The molecule has 2 aliphatic rings. The van der Waals surface area contributed by atoms with E-state index in [2.05, 4.69) is 26.8 Å². The smallest absolute Gasteiger partial charge is 0.161 e. The van der Waals surface area contributed by atoms with Crippen LogP contribution in [0.15, 0.2) is 18.2 Å². The van der Waals surface area contributed by atoms with Gasteiger partial charge in [-0.15, -0.1) is 0 Å². The van der Waals surface area contributed by atoms with Gasteiger partial charge in [0.05, 0.1) is 7.11 Å². The summed E-state index contributed by atoms with van der Waals surface area (Å²) in [6, 6.07) is 5.90. The molecule has 2 nitrogen and oxygen atoms in total. The van der Waals surface area contributed by atoms with Crippen LogP contribution in [0.3, 0.4) is 0 Å². The SMILES string of the molecule is COc1cccc([C@H]2C[C@@H]3CC[C@]2(C)C3(C)C)c1O. The summed E-state index contributed by atoms with van der Waals surface area (Å²) in [5.41, 5.74) is 1.74. The minimum absolute atomic E-state index is 0.293. The van der Waals surface area contributed by atoms with E-state index in [1.165, 1.54) is 19.3 Å². The molecule has 1 N–H and O–H groups in total. The Hall–Kier alpha value is -1.18. The first kappa shape index (κ1) is 12.8. The van der Waals surface area contributed by atoms with Gasteiger partial charge in [-0.05, 0) is 48.0 Å². The van der Waals surface area contributed by atoms with Crippen molar-refractivity contribution in [1.82, 2.24) is 0 Å². The van der Waals surface area contributed by atoms with E-state index in [9.17, 15) is 5.11 Å². The molecular formula is C17H24O2. The highest BCUT2D eigenvalue weighted by Gasteiger charge is 2.61. The molecule has 0 spiro atoms. The van der Waals surface area contributed by atoms with Crippen molar-refractivity contribution >= 4 is 0 Å². The first-order valence-electron chi connectivity index (χ1n) is 7.27. The zero-order chi connectivity index (χ0) is 13.8. The van der Waals surface area contributed by atoms with E-state index in [0.717, 1.165) is 11.5 Å². The van der Waals surface area contributed by atoms with E-state index in [4.69, 9.17) is 4.74 Å². The molecule has 2 bridgehead atoms. The van der Waals surface area contributed by atoms with E-state index in [1.54, 1.807) is 7.11 Å². The summed E-state index contributed by atoms with van der Waals surface area (Å²) >= 11 is 0. The number of hydrogen-bond donors (Lipinski definition) is 1. The van der Waals surface area contributed by atoms with E-state index >= 15 is 0 Å². The number of fused-ring (bicyclic) bond motifs is 2. The molecule has 0 heterocycles. The molecule has 0 saturated heterocycles. The predicted molar refractivity (Wildman–Crippen MR) is 76.6 cm³/mol. The van der Waals surface area contributed by atoms with Crippen LogP contribution in [0.5, 0.6) is 11.5 Å². The Morgan fingerprint density at radius 2 is 2.00 bits per heavy atom. The Morgan fingerprint density at radius 1 is 1.26 bits per heavy atom. The fourth-order valence-corrected chi connectivity index (χ4v) is 4.66. The largest absolute Gasteiger partial charge is 0.504 e. The Bertz CT molecular complexity index is 506. The zero-order valence-electron chi connectivity index (χ0n) is 12.4. The molecule has 2 aliphatic carbocycles.